The molecule has 0 spiro atoms. The van der Waals surface area contributed by atoms with Crippen LogP contribution in [0.1, 0.15) is 39.0 Å². The van der Waals surface area contributed by atoms with E-state index in [2.05, 4.69) is 4.99 Å². The molecule has 0 N–H and O–H groups in total. The molecule has 0 amide bonds. The Bertz CT molecular complexity index is 141. The molecule has 1 aliphatic carbocycles. The van der Waals surface area contributed by atoms with Crippen molar-refractivity contribution in [2.45, 2.75) is 45.1 Å². The highest BCUT2D eigenvalue weighted by Crippen LogP contribution is 2.20. The molecule has 0 aliphatic heterocycles. The molecular formula is C8H14INO. The molecule has 0 aromatic rings. The van der Waals surface area contributed by atoms with E-state index in [-0.39, 0.29) is 0 Å². The van der Waals surface area contributed by atoms with Crippen LogP contribution < -0.4 is 0 Å². The first-order valence-electron chi connectivity index (χ1n) is 4.16. The Balaban J connectivity index is 2.34. The maximum Gasteiger partial charge on any atom is 0.194 e. The van der Waals surface area contributed by atoms with Gasteiger partial charge in [-0.2, -0.15) is 0 Å². The lowest BCUT2D eigenvalue weighted by Crippen LogP contribution is -2.11. The molecule has 0 bridgehead atoms. The first-order chi connectivity index (χ1) is 5.33. The first-order valence-corrected chi connectivity index (χ1v) is 5.04. The molecule has 0 atom stereocenters. The summed E-state index contributed by atoms with van der Waals surface area (Å²) in [5.74, 6) is 0.817. The molecule has 0 radical (unpaired) electrons. The maximum atomic E-state index is 4.97. The summed E-state index contributed by atoms with van der Waals surface area (Å²) < 4.78 is 4.97. The van der Waals surface area contributed by atoms with Gasteiger partial charge in [0, 0.05) is 6.92 Å². The summed E-state index contributed by atoms with van der Waals surface area (Å²) in [4.78, 5) is 4.44. The topological polar surface area (TPSA) is 21.6 Å². The van der Waals surface area contributed by atoms with E-state index in [1.54, 1.807) is 0 Å². The van der Waals surface area contributed by atoms with Gasteiger partial charge < -0.3 is 3.07 Å². The van der Waals surface area contributed by atoms with Crippen LogP contribution in [-0.2, 0) is 3.07 Å². The van der Waals surface area contributed by atoms with Crippen molar-refractivity contribution in [1.29, 1.82) is 0 Å². The van der Waals surface area contributed by atoms with Gasteiger partial charge in [-0.25, -0.2) is 0 Å². The Morgan fingerprint density at radius 1 is 1.36 bits per heavy atom. The van der Waals surface area contributed by atoms with Crippen molar-refractivity contribution in [1.82, 2.24) is 0 Å². The highest BCUT2D eigenvalue weighted by molar-refractivity contribution is 14.1. The van der Waals surface area contributed by atoms with E-state index in [0.717, 1.165) is 5.90 Å². The third-order valence-electron chi connectivity index (χ3n) is 2.05. The zero-order chi connectivity index (χ0) is 8.10. The lowest BCUT2D eigenvalue weighted by Gasteiger charge is -2.17. The summed E-state index contributed by atoms with van der Waals surface area (Å²) in [6, 6.07) is 0.540. The smallest absolute Gasteiger partial charge is 0.194 e. The molecule has 0 heterocycles. The van der Waals surface area contributed by atoms with Gasteiger partial charge in [0.2, 0.25) is 0 Å². The minimum absolute atomic E-state index is 0.540. The average Bonchev–Trinajstić information content (AvgIpc) is 2.06. The molecule has 3 heteroatoms. The predicted octanol–water partition coefficient (Wildman–Crippen LogP) is 3.10. The molecule has 0 saturated heterocycles. The van der Waals surface area contributed by atoms with E-state index in [4.69, 9.17) is 3.07 Å². The molecule has 0 aromatic carbocycles. The van der Waals surface area contributed by atoms with E-state index in [0.29, 0.717) is 6.04 Å². The molecule has 0 aromatic heterocycles. The van der Waals surface area contributed by atoms with Crippen LogP contribution in [0.3, 0.4) is 0 Å². The number of halogens is 1. The average molecular weight is 267 g/mol. The van der Waals surface area contributed by atoms with Gasteiger partial charge >= 0.3 is 0 Å². The van der Waals surface area contributed by atoms with Crippen molar-refractivity contribution in [3.8, 4) is 0 Å². The number of rotatable bonds is 1. The van der Waals surface area contributed by atoms with Gasteiger partial charge in [-0.05, 0) is 12.8 Å². The number of nitrogens with zero attached hydrogens (tertiary/aromatic N) is 1. The molecule has 1 aliphatic rings. The second-order valence-electron chi connectivity index (χ2n) is 3.02. The molecular weight excluding hydrogens is 253 g/mol. The van der Waals surface area contributed by atoms with Crippen molar-refractivity contribution in [3.05, 3.63) is 0 Å². The summed E-state index contributed by atoms with van der Waals surface area (Å²) in [7, 11) is 0. The molecule has 0 unspecified atom stereocenters. The zero-order valence-corrected chi connectivity index (χ0v) is 9.00. The summed E-state index contributed by atoms with van der Waals surface area (Å²) in [6.07, 6.45) is 6.55. The molecule has 1 saturated carbocycles. The van der Waals surface area contributed by atoms with Crippen LogP contribution >= 0.6 is 23.0 Å². The second kappa shape index (κ2) is 4.95. The van der Waals surface area contributed by atoms with Gasteiger partial charge in [0.1, 0.15) is 0 Å². The number of hydrogen-bond donors (Lipinski definition) is 0. The fourth-order valence-corrected chi connectivity index (χ4v) is 1.60. The summed E-state index contributed by atoms with van der Waals surface area (Å²) in [6.45, 7) is 1.92. The summed E-state index contributed by atoms with van der Waals surface area (Å²) in [5.41, 5.74) is 0. The van der Waals surface area contributed by atoms with Crippen LogP contribution in [0.2, 0.25) is 0 Å². The van der Waals surface area contributed by atoms with Crippen molar-refractivity contribution in [2.75, 3.05) is 0 Å². The number of hydrogen-bond acceptors (Lipinski definition) is 2. The maximum absolute atomic E-state index is 4.97. The van der Waals surface area contributed by atoms with Crippen LogP contribution in [0.15, 0.2) is 4.99 Å². The van der Waals surface area contributed by atoms with E-state index >= 15 is 0 Å². The van der Waals surface area contributed by atoms with Crippen molar-refractivity contribution < 1.29 is 3.07 Å². The van der Waals surface area contributed by atoms with Gasteiger partial charge in [-0.1, -0.05) is 19.3 Å². The predicted molar refractivity (Wildman–Crippen MR) is 55.1 cm³/mol. The largest absolute Gasteiger partial charge is 0.413 e. The Kier molecular flexibility index (Phi) is 4.18. The van der Waals surface area contributed by atoms with Gasteiger partial charge in [-0.15, -0.1) is 0 Å². The Morgan fingerprint density at radius 3 is 2.55 bits per heavy atom. The SMILES string of the molecule is CC(=NC1CCCCC1)OI. The third-order valence-corrected chi connectivity index (χ3v) is 2.69. The highest BCUT2D eigenvalue weighted by Gasteiger charge is 2.11. The highest BCUT2D eigenvalue weighted by atomic mass is 127. The van der Waals surface area contributed by atoms with Crippen molar-refractivity contribution in [3.63, 3.8) is 0 Å². The van der Waals surface area contributed by atoms with E-state index in [1.807, 2.05) is 29.9 Å². The van der Waals surface area contributed by atoms with Gasteiger partial charge in [0.05, 0.1) is 6.04 Å². The van der Waals surface area contributed by atoms with Crippen LogP contribution in [0, 0.1) is 0 Å². The molecule has 1 rings (SSSR count). The minimum atomic E-state index is 0.540. The first kappa shape index (κ1) is 9.29. The van der Waals surface area contributed by atoms with Crippen molar-refractivity contribution >= 4 is 28.9 Å². The van der Waals surface area contributed by atoms with Crippen LogP contribution in [0.4, 0.5) is 0 Å². The van der Waals surface area contributed by atoms with Crippen LogP contribution in [0.25, 0.3) is 0 Å². The molecule has 2 nitrogen and oxygen atoms in total. The Morgan fingerprint density at radius 2 is 2.00 bits per heavy atom. The van der Waals surface area contributed by atoms with Crippen LogP contribution in [0.5, 0.6) is 0 Å². The van der Waals surface area contributed by atoms with Gasteiger partial charge in [0.25, 0.3) is 0 Å². The fraction of sp³-hybridized carbons (Fsp3) is 0.875. The Hall–Kier alpha value is 0.200. The number of aliphatic imine (C=N–C) groups is 1. The standard InChI is InChI=1S/C8H14INO/c1-7(11-9)10-8-5-3-2-4-6-8/h8H,2-6H2,1H3. The van der Waals surface area contributed by atoms with E-state index in [1.165, 1.54) is 32.1 Å². The fourth-order valence-electron chi connectivity index (χ4n) is 1.49. The monoisotopic (exact) mass is 267 g/mol. The molecule has 1 fully saturated rings. The van der Waals surface area contributed by atoms with E-state index < -0.39 is 0 Å². The molecule has 64 valence electrons. The van der Waals surface area contributed by atoms with Gasteiger partial charge in [-0.3, -0.25) is 4.99 Å². The van der Waals surface area contributed by atoms with Crippen LogP contribution in [-0.4, -0.2) is 11.9 Å². The lowest BCUT2D eigenvalue weighted by atomic mass is 9.96. The zero-order valence-electron chi connectivity index (χ0n) is 6.85. The van der Waals surface area contributed by atoms with Gasteiger partial charge in [0.15, 0.2) is 28.9 Å². The lowest BCUT2D eigenvalue weighted by molar-refractivity contribution is 0.438. The summed E-state index contributed by atoms with van der Waals surface area (Å²) >= 11 is 1.88. The second-order valence-corrected chi connectivity index (χ2v) is 3.46. The van der Waals surface area contributed by atoms with Crippen molar-refractivity contribution in [2.24, 2.45) is 4.99 Å². The van der Waals surface area contributed by atoms with E-state index in [9.17, 15) is 0 Å². The minimum Gasteiger partial charge on any atom is -0.413 e. The Labute approximate surface area is 82.1 Å². The summed E-state index contributed by atoms with van der Waals surface area (Å²) in [5, 5.41) is 0. The normalized spacial score (nSPS) is 21.8. The quantitative estimate of drug-likeness (QED) is 0.406. The third kappa shape index (κ3) is 3.40. The molecule has 11 heavy (non-hydrogen) atoms.